The molecule has 2 rings (SSSR count). The average Bonchev–Trinajstić information content (AvgIpc) is 2.77. The van der Waals surface area contributed by atoms with Gasteiger partial charge in [0.15, 0.2) is 5.79 Å². The van der Waals surface area contributed by atoms with E-state index >= 15 is 0 Å². The van der Waals surface area contributed by atoms with E-state index in [4.69, 9.17) is 14.2 Å². The molecule has 1 aliphatic rings. The predicted octanol–water partition coefficient (Wildman–Crippen LogP) is 3.32. The molecule has 0 atom stereocenters. The van der Waals surface area contributed by atoms with Crippen LogP contribution in [0.1, 0.15) is 25.0 Å². The van der Waals surface area contributed by atoms with Crippen LogP contribution < -0.4 is 4.74 Å². The van der Waals surface area contributed by atoms with Gasteiger partial charge in [0.1, 0.15) is 5.75 Å². The minimum atomic E-state index is -4.41. The third kappa shape index (κ3) is 2.84. The van der Waals surface area contributed by atoms with Crippen LogP contribution >= 0.6 is 0 Å². The highest BCUT2D eigenvalue weighted by Crippen LogP contribution is 2.40. The molecule has 106 valence electrons. The van der Waals surface area contributed by atoms with Crippen molar-refractivity contribution in [3.63, 3.8) is 0 Å². The van der Waals surface area contributed by atoms with E-state index in [0.29, 0.717) is 25.6 Å². The van der Waals surface area contributed by atoms with Crippen LogP contribution in [0.25, 0.3) is 0 Å². The molecule has 1 aromatic carbocycles. The molecule has 0 N–H and O–H groups in total. The Morgan fingerprint density at radius 1 is 1.26 bits per heavy atom. The maximum absolute atomic E-state index is 12.8. The molecule has 0 unspecified atom stereocenters. The summed E-state index contributed by atoms with van der Waals surface area (Å²) in [7, 11) is 0. The molecular weight excluding hydrogens is 261 g/mol. The van der Waals surface area contributed by atoms with Crippen LogP contribution in [0.4, 0.5) is 13.2 Å². The van der Waals surface area contributed by atoms with E-state index < -0.39 is 17.5 Å². The summed E-state index contributed by atoms with van der Waals surface area (Å²) in [5, 5.41) is 0. The fourth-order valence-electron chi connectivity index (χ4n) is 2.01. The third-order valence-electron chi connectivity index (χ3n) is 2.93. The molecule has 3 nitrogen and oxygen atoms in total. The molecule has 0 amide bonds. The summed E-state index contributed by atoms with van der Waals surface area (Å²) in [4.78, 5) is 0. The lowest BCUT2D eigenvalue weighted by Crippen LogP contribution is -2.24. The summed E-state index contributed by atoms with van der Waals surface area (Å²) in [6, 6.07) is 3.32. The summed E-state index contributed by atoms with van der Waals surface area (Å²) >= 11 is 0. The van der Waals surface area contributed by atoms with Gasteiger partial charge in [-0.3, -0.25) is 0 Å². The van der Waals surface area contributed by atoms with Gasteiger partial charge in [-0.2, -0.15) is 13.2 Å². The first-order chi connectivity index (χ1) is 8.87. The molecule has 0 saturated carbocycles. The molecule has 0 spiro atoms. The monoisotopic (exact) mass is 276 g/mol. The molecule has 0 bridgehead atoms. The quantitative estimate of drug-likeness (QED) is 0.847. The lowest BCUT2D eigenvalue weighted by molar-refractivity contribution is -0.152. The third-order valence-corrected chi connectivity index (χ3v) is 2.93. The minimum Gasteiger partial charge on any atom is -0.493 e. The Morgan fingerprint density at radius 2 is 1.89 bits per heavy atom. The molecule has 19 heavy (non-hydrogen) atoms. The van der Waals surface area contributed by atoms with E-state index in [1.54, 1.807) is 13.8 Å². The van der Waals surface area contributed by atoms with Gasteiger partial charge in [-0.15, -0.1) is 0 Å². The van der Waals surface area contributed by atoms with Crippen LogP contribution in [0.5, 0.6) is 5.75 Å². The number of alkyl halides is 3. The second-order valence-electron chi connectivity index (χ2n) is 4.28. The average molecular weight is 276 g/mol. The van der Waals surface area contributed by atoms with Crippen molar-refractivity contribution in [2.24, 2.45) is 0 Å². The van der Waals surface area contributed by atoms with Crippen LogP contribution in [-0.2, 0) is 21.4 Å². The molecule has 1 fully saturated rings. The molecule has 0 aromatic heterocycles. The molecule has 1 aliphatic heterocycles. The van der Waals surface area contributed by atoms with E-state index in [9.17, 15) is 13.2 Å². The zero-order valence-electron chi connectivity index (χ0n) is 10.7. The Bertz CT molecular complexity index is 451. The Balaban J connectivity index is 2.47. The maximum Gasteiger partial charge on any atom is 0.416 e. The Kier molecular flexibility index (Phi) is 3.73. The van der Waals surface area contributed by atoms with Crippen molar-refractivity contribution >= 4 is 0 Å². The number of hydrogen-bond acceptors (Lipinski definition) is 3. The lowest BCUT2D eigenvalue weighted by Gasteiger charge is -2.26. The van der Waals surface area contributed by atoms with Gasteiger partial charge in [0.25, 0.3) is 0 Å². The largest absolute Gasteiger partial charge is 0.493 e. The summed E-state index contributed by atoms with van der Waals surface area (Å²) < 4.78 is 54.5. The fourth-order valence-corrected chi connectivity index (χ4v) is 2.01. The van der Waals surface area contributed by atoms with Crippen LogP contribution in [0.15, 0.2) is 18.2 Å². The van der Waals surface area contributed by atoms with E-state index in [1.807, 2.05) is 0 Å². The minimum absolute atomic E-state index is 0.265. The molecule has 1 aromatic rings. The van der Waals surface area contributed by atoms with Crippen molar-refractivity contribution in [1.29, 1.82) is 0 Å². The summed E-state index contributed by atoms with van der Waals surface area (Å²) in [6.45, 7) is 4.41. The predicted molar refractivity (Wildman–Crippen MR) is 61.9 cm³/mol. The second kappa shape index (κ2) is 5.02. The van der Waals surface area contributed by atoms with Crippen molar-refractivity contribution < 1.29 is 27.4 Å². The van der Waals surface area contributed by atoms with Crippen molar-refractivity contribution in [3.8, 4) is 5.75 Å². The van der Waals surface area contributed by atoms with Crippen LogP contribution in [0.2, 0.25) is 0 Å². The summed E-state index contributed by atoms with van der Waals surface area (Å²) in [5.41, 5.74) is -0.479. The number of rotatable bonds is 3. The number of benzene rings is 1. The molecule has 1 saturated heterocycles. The first kappa shape index (κ1) is 14.1. The highest BCUT2D eigenvalue weighted by molar-refractivity contribution is 5.41. The van der Waals surface area contributed by atoms with Gasteiger partial charge in [-0.05, 0) is 32.0 Å². The van der Waals surface area contributed by atoms with E-state index in [1.165, 1.54) is 6.07 Å². The Hall–Kier alpha value is -1.27. The molecule has 0 radical (unpaired) electrons. The lowest BCUT2D eigenvalue weighted by atomic mass is 10.0. The summed E-state index contributed by atoms with van der Waals surface area (Å²) in [5.74, 6) is -0.842. The topological polar surface area (TPSA) is 27.7 Å². The van der Waals surface area contributed by atoms with Crippen molar-refractivity contribution in [3.05, 3.63) is 29.3 Å². The van der Waals surface area contributed by atoms with Gasteiger partial charge >= 0.3 is 6.18 Å². The van der Waals surface area contributed by atoms with Crippen molar-refractivity contribution in [2.45, 2.75) is 25.8 Å². The molecule has 1 heterocycles. The first-order valence-corrected chi connectivity index (χ1v) is 5.99. The molecule has 6 heteroatoms. The number of halogens is 3. The van der Waals surface area contributed by atoms with Gasteiger partial charge in [0, 0.05) is 0 Å². The van der Waals surface area contributed by atoms with Crippen LogP contribution in [-0.4, -0.2) is 19.8 Å². The zero-order valence-corrected chi connectivity index (χ0v) is 10.7. The highest BCUT2D eigenvalue weighted by Gasteiger charge is 2.39. The fraction of sp³-hybridized carbons (Fsp3) is 0.538. The smallest absolute Gasteiger partial charge is 0.416 e. The number of hydrogen-bond donors (Lipinski definition) is 0. The Labute approximate surface area is 109 Å². The van der Waals surface area contributed by atoms with Gasteiger partial charge in [0.2, 0.25) is 0 Å². The van der Waals surface area contributed by atoms with Crippen LogP contribution in [0.3, 0.4) is 0 Å². The second-order valence-corrected chi connectivity index (χ2v) is 4.28. The van der Waals surface area contributed by atoms with Crippen molar-refractivity contribution in [2.75, 3.05) is 19.8 Å². The number of ether oxygens (including phenoxy) is 3. The highest BCUT2D eigenvalue weighted by atomic mass is 19.4. The van der Waals surface area contributed by atoms with E-state index in [0.717, 1.165) is 12.1 Å². The van der Waals surface area contributed by atoms with E-state index in [2.05, 4.69) is 0 Å². The normalized spacial score (nSPS) is 18.6. The van der Waals surface area contributed by atoms with Crippen molar-refractivity contribution in [1.82, 2.24) is 0 Å². The van der Waals surface area contributed by atoms with Gasteiger partial charge < -0.3 is 14.2 Å². The van der Waals surface area contributed by atoms with Gasteiger partial charge in [-0.1, -0.05) is 0 Å². The van der Waals surface area contributed by atoms with Gasteiger partial charge in [-0.25, -0.2) is 0 Å². The first-order valence-electron chi connectivity index (χ1n) is 5.99. The van der Waals surface area contributed by atoms with E-state index in [-0.39, 0.29) is 5.56 Å². The Morgan fingerprint density at radius 3 is 2.42 bits per heavy atom. The summed E-state index contributed by atoms with van der Waals surface area (Å²) in [6.07, 6.45) is -4.41. The standard InChI is InChI=1S/C13H15F3O3/c1-3-17-11-5-4-9(13(14,15)16)8-10(11)12(2)18-6-7-19-12/h4-5,8H,3,6-7H2,1-2H3. The SMILES string of the molecule is CCOc1ccc(C(F)(F)F)cc1C1(C)OCCO1. The zero-order chi connectivity index (χ0) is 14.1. The molecule has 0 aliphatic carbocycles. The molecular formula is C13H15F3O3. The van der Waals surface area contributed by atoms with Gasteiger partial charge in [0.05, 0.1) is 30.9 Å². The van der Waals surface area contributed by atoms with Crippen LogP contribution in [0, 0.1) is 0 Å². The maximum atomic E-state index is 12.8.